The molecule has 0 spiro atoms. The number of benzene rings is 1. The van der Waals surface area contributed by atoms with E-state index in [4.69, 9.17) is 0 Å². The summed E-state index contributed by atoms with van der Waals surface area (Å²) in [5, 5.41) is 1.47. The molecule has 3 heterocycles. The fourth-order valence-electron chi connectivity index (χ4n) is 3.44. The van der Waals surface area contributed by atoms with E-state index in [-0.39, 0.29) is 0 Å². The smallest absolute Gasteiger partial charge is 0.193 e. The van der Waals surface area contributed by atoms with Crippen LogP contribution in [0, 0.1) is 0 Å². The number of thiophene rings is 1. The quantitative estimate of drug-likeness (QED) is 0.472. The minimum absolute atomic E-state index is 0.494. The monoisotopic (exact) mass is 266 g/mol. The molecule has 0 bridgehead atoms. The van der Waals surface area contributed by atoms with Crippen LogP contribution in [0.3, 0.4) is 0 Å². The second kappa shape index (κ2) is 3.91. The van der Waals surface area contributed by atoms with E-state index in [9.17, 15) is 0 Å². The molecule has 94 valence electrons. The third kappa shape index (κ3) is 1.38. The average molecular weight is 266 g/mol. The van der Waals surface area contributed by atoms with Crippen molar-refractivity contribution < 1.29 is 4.57 Å². The Morgan fingerprint density at radius 2 is 2.11 bits per heavy atom. The maximum Gasteiger partial charge on any atom is 0.231 e. The summed E-state index contributed by atoms with van der Waals surface area (Å²) >= 11 is 1.91. The summed E-state index contributed by atoms with van der Waals surface area (Å²) in [6.07, 6.45) is 5.30. The van der Waals surface area contributed by atoms with Crippen LogP contribution in [0.15, 0.2) is 49.2 Å². The Bertz CT molecular complexity index is 799. The maximum absolute atomic E-state index is 3.94. The molecule has 0 saturated carbocycles. The highest BCUT2D eigenvalue weighted by molar-refractivity contribution is 7.25. The van der Waals surface area contributed by atoms with Crippen molar-refractivity contribution in [3.05, 3.63) is 54.7 Å². The first-order chi connectivity index (χ1) is 9.31. The number of rotatable bonds is 2. The van der Waals surface area contributed by atoms with E-state index in [0.717, 1.165) is 6.42 Å². The number of nitrogens with zero attached hydrogens (tertiary/aromatic N) is 1. The van der Waals surface area contributed by atoms with Crippen LogP contribution in [-0.2, 0) is 0 Å². The molecule has 1 nitrogen and oxygen atoms in total. The van der Waals surface area contributed by atoms with Gasteiger partial charge in [0, 0.05) is 23.1 Å². The molecule has 0 aliphatic carbocycles. The van der Waals surface area contributed by atoms with Crippen LogP contribution in [0.1, 0.15) is 30.9 Å². The van der Waals surface area contributed by atoms with Crippen LogP contribution >= 0.6 is 11.3 Å². The van der Waals surface area contributed by atoms with Crippen molar-refractivity contribution in [1.29, 1.82) is 0 Å². The molecule has 1 aliphatic rings. The maximum atomic E-state index is 3.94. The first kappa shape index (κ1) is 11.2. The number of allylic oxidation sites excluding steroid dienone is 1. The van der Waals surface area contributed by atoms with Gasteiger partial charge in [-0.2, -0.15) is 4.57 Å². The van der Waals surface area contributed by atoms with Crippen molar-refractivity contribution in [3.8, 4) is 0 Å². The highest BCUT2D eigenvalue weighted by Crippen LogP contribution is 2.43. The lowest BCUT2D eigenvalue weighted by molar-refractivity contribution is -0.701. The molecule has 0 radical (unpaired) electrons. The predicted octanol–water partition coefficient (Wildman–Crippen LogP) is 4.58. The molecule has 0 fully saturated rings. The highest BCUT2D eigenvalue weighted by Gasteiger charge is 2.35. The molecule has 2 atom stereocenters. The summed E-state index contributed by atoms with van der Waals surface area (Å²) in [6, 6.07) is 11.6. The Kier molecular flexibility index (Phi) is 2.30. The summed E-state index contributed by atoms with van der Waals surface area (Å²) < 4.78 is 5.27. The van der Waals surface area contributed by atoms with Crippen molar-refractivity contribution in [2.24, 2.45) is 0 Å². The molecule has 0 N–H and O–H groups in total. The molecule has 2 heteroatoms. The van der Waals surface area contributed by atoms with Gasteiger partial charge in [-0.05, 0) is 17.7 Å². The highest BCUT2D eigenvalue weighted by atomic mass is 32.1. The first-order valence-electron chi connectivity index (χ1n) is 6.77. The fraction of sp³-hybridized carbons (Fsp3) is 0.235. The summed E-state index contributed by atoms with van der Waals surface area (Å²) in [7, 11) is 0. The van der Waals surface area contributed by atoms with E-state index in [2.05, 4.69) is 54.6 Å². The van der Waals surface area contributed by atoms with E-state index < -0.39 is 0 Å². The second-order valence-corrected chi connectivity index (χ2v) is 6.41. The van der Waals surface area contributed by atoms with Gasteiger partial charge in [0.05, 0.1) is 5.39 Å². The molecule has 3 aromatic rings. The van der Waals surface area contributed by atoms with E-state index in [1.165, 1.54) is 25.9 Å². The molecule has 1 aromatic carbocycles. The van der Waals surface area contributed by atoms with Gasteiger partial charge in [0.15, 0.2) is 12.2 Å². The van der Waals surface area contributed by atoms with Crippen LogP contribution in [0.4, 0.5) is 0 Å². The van der Waals surface area contributed by atoms with Crippen molar-refractivity contribution >= 4 is 31.6 Å². The lowest BCUT2D eigenvalue weighted by atomic mass is 9.85. The number of aromatic nitrogens is 1. The van der Waals surface area contributed by atoms with E-state index in [1.807, 2.05) is 17.4 Å². The molecular weight excluding hydrogens is 250 g/mol. The van der Waals surface area contributed by atoms with E-state index >= 15 is 0 Å². The molecule has 1 aliphatic heterocycles. The topological polar surface area (TPSA) is 3.88 Å². The van der Waals surface area contributed by atoms with E-state index in [1.54, 1.807) is 0 Å². The van der Waals surface area contributed by atoms with Crippen LogP contribution in [0.5, 0.6) is 0 Å². The summed E-state index contributed by atoms with van der Waals surface area (Å²) in [6.45, 7) is 6.28. The second-order valence-electron chi connectivity index (χ2n) is 5.33. The number of hydrogen-bond acceptors (Lipinski definition) is 1. The summed E-state index contributed by atoms with van der Waals surface area (Å²) in [4.78, 5) is 0. The zero-order valence-electron chi connectivity index (χ0n) is 11.0. The standard InChI is InChI=1S/C17H16NS/c1-3-6-13-11(2)12-7-4-8-14-16(12)17-15(19-14)9-5-10-18(13)17/h3-5,7-11,13H,1,6H2,2H3/q+1. The molecule has 2 unspecified atom stereocenters. The van der Waals surface area contributed by atoms with Crippen LogP contribution < -0.4 is 4.57 Å². The van der Waals surface area contributed by atoms with Gasteiger partial charge >= 0.3 is 0 Å². The average Bonchev–Trinajstić information content (AvgIpc) is 2.81. The Morgan fingerprint density at radius 1 is 1.26 bits per heavy atom. The zero-order chi connectivity index (χ0) is 13.0. The Morgan fingerprint density at radius 3 is 2.95 bits per heavy atom. The van der Waals surface area contributed by atoms with Crippen LogP contribution in [-0.4, -0.2) is 0 Å². The van der Waals surface area contributed by atoms with Gasteiger partial charge < -0.3 is 0 Å². The lowest BCUT2D eigenvalue weighted by Gasteiger charge is -2.24. The number of hydrogen-bond donors (Lipinski definition) is 0. The minimum atomic E-state index is 0.494. The summed E-state index contributed by atoms with van der Waals surface area (Å²) in [5.74, 6) is 0.541. The molecule has 19 heavy (non-hydrogen) atoms. The third-order valence-corrected chi connectivity index (χ3v) is 5.44. The molecule has 0 saturated heterocycles. The summed E-state index contributed by atoms with van der Waals surface area (Å²) in [5.41, 5.74) is 2.92. The SMILES string of the molecule is C=CCC1C(C)c2cccc3sc4ccc[n+]1c4c23. The molecule has 2 aromatic heterocycles. The van der Waals surface area contributed by atoms with Crippen molar-refractivity contribution in [1.82, 2.24) is 0 Å². The Balaban J connectivity index is 2.20. The molecular formula is C17H16NS+. The Labute approximate surface area is 116 Å². The first-order valence-corrected chi connectivity index (χ1v) is 7.59. The normalized spacial score (nSPS) is 21.3. The van der Waals surface area contributed by atoms with Crippen LogP contribution in [0.25, 0.3) is 20.3 Å². The molecule has 4 rings (SSSR count). The van der Waals surface area contributed by atoms with Crippen molar-refractivity contribution in [2.45, 2.75) is 25.3 Å². The largest absolute Gasteiger partial charge is 0.231 e. The Hall–Kier alpha value is -1.67. The number of pyridine rings is 1. The van der Waals surface area contributed by atoms with Gasteiger partial charge in [0.1, 0.15) is 4.70 Å². The van der Waals surface area contributed by atoms with E-state index in [0.29, 0.717) is 12.0 Å². The van der Waals surface area contributed by atoms with Crippen molar-refractivity contribution in [3.63, 3.8) is 0 Å². The predicted molar refractivity (Wildman–Crippen MR) is 81.8 cm³/mol. The van der Waals surface area contributed by atoms with Gasteiger partial charge in [0.25, 0.3) is 0 Å². The van der Waals surface area contributed by atoms with Crippen LogP contribution in [0.2, 0.25) is 0 Å². The van der Waals surface area contributed by atoms with Gasteiger partial charge in [-0.15, -0.1) is 17.9 Å². The lowest BCUT2D eigenvalue weighted by Crippen LogP contribution is -2.44. The van der Waals surface area contributed by atoms with Crippen molar-refractivity contribution in [2.75, 3.05) is 0 Å². The van der Waals surface area contributed by atoms with Gasteiger partial charge in [0.2, 0.25) is 5.52 Å². The third-order valence-electron chi connectivity index (χ3n) is 4.33. The fourth-order valence-corrected chi connectivity index (χ4v) is 4.59. The van der Waals surface area contributed by atoms with Gasteiger partial charge in [-0.1, -0.05) is 25.1 Å². The zero-order valence-corrected chi connectivity index (χ0v) is 11.8. The van der Waals surface area contributed by atoms with Gasteiger partial charge in [-0.25, -0.2) is 0 Å². The minimum Gasteiger partial charge on any atom is -0.193 e. The van der Waals surface area contributed by atoms with Gasteiger partial charge in [-0.3, -0.25) is 0 Å². The molecule has 0 amide bonds.